The molecule has 1 amide bonds. The SMILES string of the molecule is CN1CCCC[C@@H]1[C@@H]1CN(S(=O)(=O)c2cn(C)cn2)C[C@H]1NC(=O)OC(C)(C)C. The van der Waals surface area contributed by atoms with E-state index in [1.54, 1.807) is 11.6 Å². The van der Waals surface area contributed by atoms with Crippen molar-refractivity contribution in [2.75, 3.05) is 26.7 Å². The first kappa shape index (κ1) is 22.0. The highest BCUT2D eigenvalue weighted by Crippen LogP contribution is 2.32. The van der Waals surface area contributed by atoms with Gasteiger partial charge >= 0.3 is 6.09 Å². The second-order valence-electron chi connectivity index (χ2n) is 9.16. The zero-order valence-corrected chi connectivity index (χ0v) is 18.8. The molecule has 0 radical (unpaired) electrons. The predicted octanol–water partition coefficient (Wildman–Crippen LogP) is 1.42. The third-order valence-electron chi connectivity index (χ3n) is 5.64. The van der Waals surface area contributed by atoms with Crippen LogP contribution in [0.1, 0.15) is 40.0 Å². The van der Waals surface area contributed by atoms with Crippen LogP contribution in [0.4, 0.5) is 4.79 Å². The third kappa shape index (κ3) is 5.10. The van der Waals surface area contributed by atoms with Crippen LogP contribution >= 0.6 is 0 Å². The molecule has 1 aromatic rings. The fraction of sp³-hybridized carbons (Fsp3) is 0.789. The molecular formula is C19H33N5O4S. The van der Waals surface area contributed by atoms with Crippen molar-refractivity contribution >= 4 is 16.1 Å². The largest absolute Gasteiger partial charge is 0.444 e. The molecule has 3 rings (SSSR count). The summed E-state index contributed by atoms with van der Waals surface area (Å²) in [6, 6.07) is -0.0958. The highest BCUT2D eigenvalue weighted by Gasteiger charge is 2.45. The summed E-state index contributed by atoms with van der Waals surface area (Å²) in [6.07, 6.45) is 5.71. The van der Waals surface area contributed by atoms with Gasteiger partial charge in [0.1, 0.15) is 5.60 Å². The minimum atomic E-state index is -3.72. The Labute approximate surface area is 173 Å². The molecule has 1 aromatic heterocycles. The number of aromatic nitrogens is 2. The van der Waals surface area contributed by atoms with Crippen molar-refractivity contribution in [2.24, 2.45) is 13.0 Å². The Morgan fingerprint density at radius 1 is 1.24 bits per heavy atom. The first-order valence-electron chi connectivity index (χ1n) is 10.2. The number of imidazole rings is 1. The molecule has 2 aliphatic heterocycles. The van der Waals surface area contributed by atoms with E-state index >= 15 is 0 Å². The summed E-state index contributed by atoms with van der Waals surface area (Å²) in [6.45, 7) is 6.98. The number of ether oxygens (including phenoxy) is 1. The quantitative estimate of drug-likeness (QED) is 0.781. The number of nitrogens with zero attached hydrogens (tertiary/aromatic N) is 4. The number of carbonyl (C=O) groups excluding carboxylic acids is 1. The second kappa shape index (κ2) is 8.23. The number of hydrogen-bond acceptors (Lipinski definition) is 6. The Hall–Kier alpha value is -1.65. The number of amides is 1. The average Bonchev–Trinajstić information content (AvgIpc) is 3.21. The second-order valence-corrected chi connectivity index (χ2v) is 11.0. The van der Waals surface area contributed by atoms with Crippen LogP contribution < -0.4 is 5.32 Å². The smallest absolute Gasteiger partial charge is 0.407 e. The highest BCUT2D eigenvalue weighted by molar-refractivity contribution is 7.89. The third-order valence-corrected chi connectivity index (χ3v) is 7.36. The summed E-state index contributed by atoms with van der Waals surface area (Å²) >= 11 is 0. The molecule has 2 aliphatic rings. The number of alkyl carbamates (subject to hydrolysis) is 1. The van der Waals surface area contributed by atoms with E-state index in [1.807, 2.05) is 20.8 Å². The molecule has 0 spiro atoms. The number of carbonyl (C=O) groups is 1. The van der Waals surface area contributed by atoms with Crippen molar-refractivity contribution < 1.29 is 17.9 Å². The van der Waals surface area contributed by atoms with Crippen LogP contribution in [-0.2, 0) is 21.8 Å². The molecular weight excluding hydrogens is 394 g/mol. The average molecular weight is 428 g/mol. The maximum absolute atomic E-state index is 13.1. The predicted molar refractivity (Wildman–Crippen MR) is 109 cm³/mol. The monoisotopic (exact) mass is 427 g/mol. The van der Waals surface area contributed by atoms with E-state index in [4.69, 9.17) is 4.74 Å². The van der Waals surface area contributed by atoms with Crippen LogP contribution in [0.25, 0.3) is 0 Å². The lowest BCUT2D eigenvalue weighted by Crippen LogP contribution is -2.51. The fourth-order valence-corrected chi connectivity index (χ4v) is 5.76. The molecule has 2 fully saturated rings. The summed E-state index contributed by atoms with van der Waals surface area (Å²) in [4.78, 5) is 18.7. The number of nitrogens with one attached hydrogen (secondary N) is 1. The van der Waals surface area contributed by atoms with Crippen molar-refractivity contribution in [2.45, 2.75) is 62.7 Å². The molecule has 29 heavy (non-hydrogen) atoms. The van der Waals surface area contributed by atoms with Gasteiger partial charge in [0.15, 0.2) is 5.03 Å². The lowest BCUT2D eigenvalue weighted by atomic mass is 9.87. The highest BCUT2D eigenvalue weighted by atomic mass is 32.2. The van der Waals surface area contributed by atoms with E-state index in [0.717, 1.165) is 25.8 Å². The van der Waals surface area contributed by atoms with Crippen molar-refractivity contribution in [3.05, 3.63) is 12.5 Å². The van der Waals surface area contributed by atoms with Gasteiger partial charge in [0, 0.05) is 38.3 Å². The van der Waals surface area contributed by atoms with Gasteiger partial charge in [-0.1, -0.05) is 6.42 Å². The van der Waals surface area contributed by atoms with Crippen molar-refractivity contribution in [1.29, 1.82) is 0 Å². The van der Waals surface area contributed by atoms with Gasteiger partial charge in [-0.3, -0.25) is 0 Å². The lowest BCUT2D eigenvalue weighted by Gasteiger charge is -2.38. The standard InChI is InChI=1S/C19H33N5O4S/c1-19(2,3)28-18(25)21-15-11-24(29(26,27)17-12-22(4)13-20-17)10-14(15)16-8-6-7-9-23(16)5/h12-16H,6-11H2,1-5H3,(H,21,25)/t14-,15-,16-/m1/s1. The lowest BCUT2D eigenvalue weighted by molar-refractivity contribution is 0.0468. The van der Waals surface area contributed by atoms with Crippen molar-refractivity contribution in [3.8, 4) is 0 Å². The Morgan fingerprint density at radius 2 is 1.97 bits per heavy atom. The molecule has 9 nitrogen and oxygen atoms in total. The van der Waals surface area contributed by atoms with Gasteiger partial charge in [-0.25, -0.2) is 18.2 Å². The zero-order chi connectivity index (χ0) is 21.4. The summed E-state index contributed by atoms with van der Waals surface area (Å²) in [5.74, 6) is -0.00805. The Balaban J connectivity index is 1.82. The van der Waals surface area contributed by atoms with Gasteiger partial charge < -0.3 is 19.5 Å². The number of aryl methyl sites for hydroxylation is 1. The van der Waals surface area contributed by atoms with Crippen LogP contribution in [0.5, 0.6) is 0 Å². The molecule has 3 atom stereocenters. The molecule has 1 N–H and O–H groups in total. The molecule has 2 saturated heterocycles. The molecule has 0 bridgehead atoms. The molecule has 0 aliphatic carbocycles. The van der Waals surface area contributed by atoms with Crippen LogP contribution in [0.2, 0.25) is 0 Å². The van der Waals surface area contributed by atoms with Crippen molar-refractivity contribution in [3.63, 3.8) is 0 Å². The van der Waals surface area contributed by atoms with E-state index in [-0.39, 0.29) is 29.6 Å². The topological polar surface area (TPSA) is 96.8 Å². The van der Waals surface area contributed by atoms with Crippen molar-refractivity contribution in [1.82, 2.24) is 24.1 Å². The van der Waals surface area contributed by atoms with Gasteiger partial charge in [-0.2, -0.15) is 4.31 Å². The molecule has 0 saturated carbocycles. The number of likely N-dealkylation sites (tertiary alicyclic amines) is 1. The van der Waals surface area contributed by atoms with Gasteiger partial charge in [0.05, 0.1) is 12.4 Å². The van der Waals surface area contributed by atoms with E-state index in [0.29, 0.717) is 6.54 Å². The molecule has 0 aromatic carbocycles. The fourth-order valence-electron chi connectivity index (χ4n) is 4.29. The number of sulfonamides is 1. The van der Waals surface area contributed by atoms with Crippen LogP contribution in [-0.4, -0.2) is 77.6 Å². The maximum Gasteiger partial charge on any atom is 0.407 e. The summed E-state index contributed by atoms with van der Waals surface area (Å²) < 4.78 is 34.7. The first-order valence-corrected chi connectivity index (χ1v) is 11.6. The van der Waals surface area contributed by atoms with Crippen LogP contribution in [0, 0.1) is 5.92 Å². The zero-order valence-electron chi connectivity index (χ0n) is 18.0. The Kier molecular flexibility index (Phi) is 6.26. The molecule has 10 heteroatoms. The summed E-state index contributed by atoms with van der Waals surface area (Å²) in [5, 5.41) is 2.98. The number of piperidine rings is 1. The van der Waals surface area contributed by atoms with Gasteiger partial charge in [-0.15, -0.1) is 0 Å². The molecule has 0 unspecified atom stereocenters. The number of rotatable bonds is 4. The van der Waals surface area contributed by atoms with E-state index in [9.17, 15) is 13.2 Å². The molecule has 164 valence electrons. The minimum absolute atomic E-state index is 0.00805. The minimum Gasteiger partial charge on any atom is -0.444 e. The molecule has 3 heterocycles. The summed E-state index contributed by atoms with van der Waals surface area (Å²) in [7, 11) is 0.0924. The van der Waals surface area contributed by atoms with Gasteiger partial charge in [0.25, 0.3) is 10.0 Å². The Morgan fingerprint density at radius 3 is 2.55 bits per heavy atom. The van der Waals surface area contributed by atoms with E-state index in [1.165, 1.54) is 16.8 Å². The number of hydrogen-bond donors (Lipinski definition) is 1. The van der Waals surface area contributed by atoms with Crippen LogP contribution in [0.15, 0.2) is 17.6 Å². The van der Waals surface area contributed by atoms with Gasteiger partial charge in [0.2, 0.25) is 0 Å². The Bertz CT molecular complexity index is 832. The van der Waals surface area contributed by atoms with Gasteiger partial charge in [-0.05, 0) is 47.2 Å². The summed E-state index contributed by atoms with van der Waals surface area (Å²) in [5.41, 5.74) is -0.612. The van der Waals surface area contributed by atoms with Crippen LogP contribution in [0.3, 0.4) is 0 Å². The maximum atomic E-state index is 13.1. The normalized spacial score (nSPS) is 27.1. The van der Waals surface area contributed by atoms with E-state index < -0.39 is 21.7 Å². The van der Waals surface area contributed by atoms with E-state index in [2.05, 4.69) is 22.2 Å². The first-order chi connectivity index (χ1) is 13.5.